The maximum Gasteiger partial charge on any atom is 0.128 e. The monoisotopic (exact) mass is 234 g/mol. The highest BCUT2D eigenvalue weighted by molar-refractivity contribution is 5.39. The van der Waals surface area contributed by atoms with Crippen molar-refractivity contribution in [2.75, 3.05) is 18.0 Å². The predicted octanol–water partition coefficient (Wildman–Crippen LogP) is 2.76. The van der Waals surface area contributed by atoms with Gasteiger partial charge in [0.15, 0.2) is 0 Å². The van der Waals surface area contributed by atoms with E-state index in [4.69, 9.17) is 0 Å². The highest BCUT2D eigenvalue weighted by Crippen LogP contribution is 2.21. The van der Waals surface area contributed by atoms with Crippen molar-refractivity contribution in [3.8, 4) is 0 Å². The van der Waals surface area contributed by atoms with Crippen LogP contribution < -0.4 is 4.90 Å². The summed E-state index contributed by atoms with van der Waals surface area (Å²) in [4.78, 5) is 6.81. The van der Waals surface area contributed by atoms with Crippen LogP contribution in [0.5, 0.6) is 0 Å². The van der Waals surface area contributed by atoms with Crippen LogP contribution in [0.2, 0.25) is 0 Å². The number of rotatable bonds is 2. The SMILES string of the molecule is CC1CCCN(c2ccc([C@H](C)O)cn2)CC1. The zero-order valence-electron chi connectivity index (χ0n) is 10.8. The third kappa shape index (κ3) is 3.19. The zero-order chi connectivity index (χ0) is 12.3. The van der Waals surface area contributed by atoms with E-state index < -0.39 is 6.10 Å². The van der Waals surface area contributed by atoms with Gasteiger partial charge in [0.2, 0.25) is 0 Å². The minimum absolute atomic E-state index is 0.430. The zero-order valence-corrected chi connectivity index (χ0v) is 10.8. The fraction of sp³-hybridized carbons (Fsp3) is 0.643. The van der Waals surface area contributed by atoms with Gasteiger partial charge in [-0.3, -0.25) is 0 Å². The highest BCUT2D eigenvalue weighted by Gasteiger charge is 2.15. The van der Waals surface area contributed by atoms with Gasteiger partial charge >= 0.3 is 0 Å². The Morgan fingerprint density at radius 1 is 1.35 bits per heavy atom. The van der Waals surface area contributed by atoms with Crippen molar-refractivity contribution < 1.29 is 5.11 Å². The summed E-state index contributed by atoms with van der Waals surface area (Å²) in [7, 11) is 0. The molecule has 1 aromatic heterocycles. The Morgan fingerprint density at radius 3 is 2.82 bits per heavy atom. The Morgan fingerprint density at radius 2 is 2.18 bits per heavy atom. The van der Waals surface area contributed by atoms with Gasteiger partial charge in [0.05, 0.1) is 6.10 Å². The number of aliphatic hydroxyl groups is 1. The second kappa shape index (κ2) is 5.50. The maximum absolute atomic E-state index is 9.45. The lowest BCUT2D eigenvalue weighted by molar-refractivity contribution is 0.199. The Kier molecular flexibility index (Phi) is 4.00. The maximum atomic E-state index is 9.45. The van der Waals surface area contributed by atoms with E-state index in [2.05, 4.69) is 16.8 Å². The summed E-state index contributed by atoms with van der Waals surface area (Å²) in [5.74, 6) is 1.88. The molecule has 0 amide bonds. The molecule has 0 saturated carbocycles. The number of aromatic nitrogens is 1. The Hall–Kier alpha value is -1.09. The Labute approximate surface area is 103 Å². The van der Waals surface area contributed by atoms with Crippen LogP contribution in [0, 0.1) is 5.92 Å². The fourth-order valence-electron chi connectivity index (χ4n) is 2.32. The average Bonchev–Trinajstić information content (AvgIpc) is 2.54. The molecule has 1 N–H and O–H groups in total. The number of pyridine rings is 1. The molecule has 2 atom stereocenters. The number of aliphatic hydroxyl groups excluding tert-OH is 1. The van der Waals surface area contributed by atoms with Crippen molar-refractivity contribution in [3.63, 3.8) is 0 Å². The van der Waals surface area contributed by atoms with E-state index in [1.54, 1.807) is 13.1 Å². The van der Waals surface area contributed by atoms with Gasteiger partial charge in [0.25, 0.3) is 0 Å². The molecule has 1 saturated heterocycles. The van der Waals surface area contributed by atoms with Crippen LogP contribution in [0.3, 0.4) is 0 Å². The first-order chi connectivity index (χ1) is 8.16. The quantitative estimate of drug-likeness (QED) is 0.854. The molecule has 2 heterocycles. The lowest BCUT2D eigenvalue weighted by atomic mass is 10.0. The molecule has 1 unspecified atom stereocenters. The second-order valence-electron chi connectivity index (χ2n) is 5.15. The minimum atomic E-state index is -0.430. The van der Waals surface area contributed by atoms with Crippen LogP contribution in [0.25, 0.3) is 0 Å². The van der Waals surface area contributed by atoms with Gasteiger partial charge in [-0.05, 0) is 43.7 Å². The van der Waals surface area contributed by atoms with Gasteiger partial charge in [-0.25, -0.2) is 4.98 Å². The summed E-state index contributed by atoms with van der Waals surface area (Å²) in [5, 5.41) is 9.45. The molecule has 1 aromatic rings. The molecule has 0 bridgehead atoms. The topological polar surface area (TPSA) is 36.4 Å². The molecule has 17 heavy (non-hydrogen) atoms. The normalized spacial score (nSPS) is 23.2. The molecule has 3 heteroatoms. The first-order valence-electron chi connectivity index (χ1n) is 6.56. The Bertz CT molecular complexity index is 348. The Balaban J connectivity index is 2.06. The second-order valence-corrected chi connectivity index (χ2v) is 5.15. The minimum Gasteiger partial charge on any atom is -0.389 e. The van der Waals surface area contributed by atoms with Gasteiger partial charge in [-0.1, -0.05) is 13.0 Å². The molecule has 1 aliphatic rings. The molecule has 0 radical (unpaired) electrons. The van der Waals surface area contributed by atoms with Crippen molar-refractivity contribution in [2.24, 2.45) is 5.92 Å². The van der Waals surface area contributed by atoms with Crippen LogP contribution in [0.1, 0.15) is 44.8 Å². The standard InChI is InChI=1S/C14H22N2O/c1-11-4-3-8-16(9-7-11)14-6-5-13(10-15-14)12(2)17/h5-6,10-12,17H,3-4,7-9H2,1-2H3/t11?,12-/m0/s1. The summed E-state index contributed by atoms with van der Waals surface area (Å²) in [6.07, 6.45) is 5.18. The van der Waals surface area contributed by atoms with E-state index >= 15 is 0 Å². The smallest absolute Gasteiger partial charge is 0.128 e. The van der Waals surface area contributed by atoms with Crippen LogP contribution in [-0.2, 0) is 0 Å². The van der Waals surface area contributed by atoms with Crippen LogP contribution in [0.15, 0.2) is 18.3 Å². The van der Waals surface area contributed by atoms with E-state index in [1.165, 1.54) is 19.3 Å². The fourth-order valence-corrected chi connectivity index (χ4v) is 2.32. The van der Waals surface area contributed by atoms with E-state index in [9.17, 15) is 5.11 Å². The van der Waals surface area contributed by atoms with E-state index in [0.717, 1.165) is 30.4 Å². The lowest BCUT2D eigenvalue weighted by Crippen LogP contribution is -2.25. The van der Waals surface area contributed by atoms with Crippen molar-refractivity contribution in [1.29, 1.82) is 0 Å². The van der Waals surface area contributed by atoms with Gasteiger partial charge in [0, 0.05) is 19.3 Å². The molecule has 94 valence electrons. The van der Waals surface area contributed by atoms with Crippen molar-refractivity contribution in [1.82, 2.24) is 4.98 Å². The first-order valence-corrected chi connectivity index (χ1v) is 6.56. The summed E-state index contributed by atoms with van der Waals surface area (Å²) in [6.45, 7) is 6.30. The number of anilines is 1. The largest absolute Gasteiger partial charge is 0.389 e. The van der Waals surface area contributed by atoms with Crippen LogP contribution >= 0.6 is 0 Å². The summed E-state index contributed by atoms with van der Waals surface area (Å²) >= 11 is 0. The van der Waals surface area contributed by atoms with E-state index in [0.29, 0.717) is 0 Å². The van der Waals surface area contributed by atoms with Gasteiger partial charge in [-0.15, -0.1) is 0 Å². The molecule has 3 nitrogen and oxygen atoms in total. The summed E-state index contributed by atoms with van der Waals surface area (Å²) in [6, 6.07) is 4.00. The molecular formula is C14H22N2O. The molecular weight excluding hydrogens is 212 g/mol. The first kappa shape index (κ1) is 12.4. The molecule has 2 rings (SSSR count). The lowest BCUT2D eigenvalue weighted by Gasteiger charge is -2.21. The molecule has 0 spiro atoms. The van der Waals surface area contributed by atoms with E-state index in [-0.39, 0.29) is 0 Å². The van der Waals surface area contributed by atoms with Crippen molar-refractivity contribution in [2.45, 2.75) is 39.2 Å². The van der Waals surface area contributed by atoms with Gasteiger partial charge in [-0.2, -0.15) is 0 Å². The summed E-state index contributed by atoms with van der Waals surface area (Å²) in [5.41, 5.74) is 0.886. The summed E-state index contributed by atoms with van der Waals surface area (Å²) < 4.78 is 0. The average molecular weight is 234 g/mol. The van der Waals surface area contributed by atoms with Crippen molar-refractivity contribution >= 4 is 5.82 Å². The van der Waals surface area contributed by atoms with Gasteiger partial charge in [0.1, 0.15) is 5.82 Å². The molecule has 1 aliphatic heterocycles. The van der Waals surface area contributed by atoms with Gasteiger partial charge < -0.3 is 10.0 Å². The third-order valence-corrected chi connectivity index (χ3v) is 3.59. The molecule has 0 aliphatic carbocycles. The number of nitrogens with zero attached hydrogens (tertiary/aromatic N) is 2. The van der Waals surface area contributed by atoms with Crippen LogP contribution in [-0.4, -0.2) is 23.2 Å². The van der Waals surface area contributed by atoms with Crippen LogP contribution in [0.4, 0.5) is 5.82 Å². The molecule has 1 fully saturated rings. The van der Waals surface area contributed by atoms with Crippen molar-refractivity contribution in [3.05, 3.63) is 23.9 Å². The highest BCUT2D eigenvalue weighted by atomic mass is 16.3. The van der Waals surface area contributed by atoms with E-state index in [1.807, 2.05) is 12.1 Å². The number of hydrogen-bond donors (Lipinski definition) is 1. The predicted molar refractivity (Wildman–Crippen MR) is 70.1 cm³/mol. The third-order valence-electron chi connectivity index (χ3n) is 3.59. The number of hydrogen-bond acceptors (Lipinski definition) is 3. The molecule has 0 aromatic carbocycles.